The molecule has 12 nitrogen and oxygen atoms in total. The van der Waals surface area contributed by atoms with Gasteiger partial charge in [-0.25, -0.2) is 0 Å². The Morgan fingerprint density at radius 2 is 0.826 bits per heavy atom. The fourth-order valence-electron chi connectivity index (χ4n) is 9.15. The molecule has 0 spiro atoms. The molecule has 0 saturated carbocycles. The molecule has 0 radical (unpaired) electrons. The summed E-state index contributed by atoms with van der Waals surface area (Å²) in [5.74, 6) is -1.96. The van der Waals surface area contributed by atoms with Crippen LogP contribution >= 0.6 is 0 Å². The highest BCUT2D eigenvalue weighted by molar-refractivity contribution is 7.85. The fourth-order valence-corrected chi connectivity index (χ4v) is 9.84. The molecule has 13 heteroatoms. The van der Waals surface area contributed by atoms with E-state index < -0.39 is 71.2 Å². The zero-order chi connectivity index (χ0) is 50.5. The quantitative estimate of drug-likeness (QED) is 0.0196. The van der Waals surface area contributed by atoms with Gasteiger partial charge in [0.05, 0.1) is 6.61 Å². The third-order valence-corrected chi connectivity index (χ3v) is 14.3. The van der Waals surface area contributed by atoms with Crippen molar-refractivity contribution in [2.75, 3.05) is 19.0 Å². The maximum absolute atomic E-state index is 12.9. The minimum Gasteiger partial charge on any atom is -0.462 e. The predicted octanol–water partition coefficient (Wildman–Crippen LogP) is 13.7. The highest BCUT2D eigenvalue weighted by atomic mass is 32.2. The summed E-state index contributed by atoms with van der Waals surface area (Å²) in [6.07, 6.45) is 43.9. The van der Waals surface area contributed by atoms with Crippen LogP contribution in [0.2, 0.25) is 0 Å². The number of hydrogen-bond acceptors (Lipinski definition) is 11. The van der Waals surface area contributed by atoms with Crippen LogP contribution < -0.4 is 0 Å². The lowest BCUT2D eigenvalue weighted by atomic mass is 10.00. The normalized spacial score (nSPS) is 19.1. The van der Waals surface area contributed by atoms with Gasteiger partial charge in [-0.15, -0.1) is 0 Å². The van der Waals surface area contributed by atoms with Crippen LogP contribution in [0.1, 0.15) is 277 Å². The van der Waals surface area contributed by atoms with Crippen molar-refractivity contribution in [3.63, 3.8) is 0 Å². The summed E-state index contributed by atoms with van der Waals surface area (Å²) < 4.78 is 54.4. The Balaban J connectivity index is 2.30. The number of aliphatic hydroxyl groups is 3. The number of carbonyl (C=O) groups excluding carboxylic acids is 2. The molecule has 0 aromatic heterocycles. The van der Waals surface area contributed by atoms with E-state index in [-0.39, 0.29) is 19.4 Å². The molecule has 1 rings (SSSR count). The fraction of sp³-hybridized carbons (Fsp3) is 0.929. The molecule has 0 aliphatic carbocycles. The van der Waals surface area contributed by atoms with E-state index >= 15 is 0 Å². The number of ether oxygens (including phenoxy) is 4. The molecule has 6 unspecified atom stereocenters. The van der Waals surface area contributed by atoms with Gasteiger partial charge in [0.2, 0.25) is 0 Å². The average molecular weight is 1000 g/mol. The minimum atomic E-state index is -4.60. The summed E-state index contributed by atoms with van der Waals surface area (Å²) >= 11 is 0. The van der Waals surface area contributed by atoms with Crippen LogP contribution in [0.15, 0.2) is 12.2 Å². The van der Waals surface area contributed by atoms with Crippen molar-refractivity contribution < 1.29 is 56.8 Å². The van der Waals surface area contributed by atoms with Gasteiger partial charge in [0.25, 0.3) is 10.1 Å². The Morgan fingerprint density at radius 3 is 1.20 bits per heavy atom. The van der Waals surface area contributed by atoms with Crippen LogP contribution in [0.25, 0.3) is 0 Å². The van der Waals surface area contributed by atoms with E-state index in [1.54, 1.807) is 0 Å². The third-order valence-electron chi connectivity index (χ3n) is 13.6. The van der Waals surface area contributed by atoms with Gasteiger partial charge >= 0.3 is 11.9 Å². The lowest BCUT2D eigenvalue weighted by Gasteiger charge is -2.40. The predicted molar refractivity (Wildman–Crippen MR) is 280 cm³/mol. The van der Waals surface area contributed by atoms with Crippen LogP contribution in [0.3, 0.4) is 0 Å². The minimum absolute atomic E-state index is 0.169. The van der Waals surface area contributed by atoms with Crippen molar-refractivity contribution in [2.24, 2.45) is 0 Å². The van der Waals surface area contributed by atoms with E-state index in [9.17, 15) is 37.9 Å². The Bertz CT molecular complexity index is 1310. The number of esters is 2. The largest absolute Gasteiger partial charge is 0.462 e. The maximum Gasteiger partial charge on any atom is 0.306 e. The molecule has 1 aliphatic rings. The third kappa shape index (κ3) is 40.5. The molecule has 1 fully saturated rings. The van der Waals surface area contributed by atoms with Crippen LogP contribution in [0.4, 0.5) is 0 Å². The molecule has 1 saturated heterocycles. The summed E-state index contributed by atoms with van der Waals surface area (Å²) in [6.45, 7) is 3.82. The van der Waals surface area contributed by atoms with Crippen molar-refractivity contribution in [3.8, 4) is 0 Å². The van der Waals surface area contributed by atoms with Gasteiger partial charge in [0.1, 0.15) is 36.8 Å². The Kier molecular flexibility index (Phi) is 43.8. The average Bonchev–Trinajstić information content (AvgIpc) is 3.32. The second kappa shape index (κ2) is 46.2. The van der Waals surface area contributed by atoms with Gasteiger partial charge in [-0.1, -0.05) is 238 Å². The van der Waals surface area contributed by atoms with Crippen LogP contribution in [0.5, 0.6) is 0 Å². The molecule has 1 aliphatic heterocycles. The van der Waals surface area contributed by atoms with Crippen LogP contribution in [-0.2, 0) is 38.7 Å². The van der Waals surface area contributed by atoms with Gasteiger partial charge < -0.3 is 34.3 Å². The molecule has 1 heterocycles. The van der Waals surface area contributed by atoms with E-state index in [2.05, 4.69) is 26.0 Å². The van der Waals surface area contributed by atoms with E-state index in [0.717, 1.165) is 38.5 Å². The number of rotatable bonds is 50. The molecule has 408 valence electrons. The van der Waals surface area contributed by atoms with Crippen LogP contribution in [0, 0.1) is 0 Å². The molecule has 69 heavy (non-hydrogen) atoms. The lowest BCUT2D eigenvalue weighted by Crippen LogP contribution is -2.60. The lowest BCUT2D eigenvalue weighted by molar-refractivity contribution is -0.297. The first-order valence-electron chi connectivity index (χ1n) is 28.7. The summed E-state index contributed by atoms with van der Waals surface area (Å²) in [6, 6.07) is 0. The topological polar surface area (TPSA) is 186 Å². The zero-order valence-corrected chi connectivity index (χ0v) is 45.0. The van der Waals surface area contributed by atoms with Crippen LogP contribution in [-0.4, -0.2) is 96.0 Å². The van der Waals surface area contributed by atoms with Crippen molar-refractivity contribution in [1.29, 1.82) is 0 Å². The smallest absolute Gasteiger partial charge is 0.306 e. The maximum atomic E-state index is 12.9. The number of carbonyl (C=O) groups is 2. The van der Waals surface area contributed by atoms with E-state index in [0.29, 0.717) is 12.8 Å². The van der Waals surface area contributed by atoms with Crippen molar-refractivity contribution >= 4 is 22.1 Å². The van der Waals surface area contributed by atoms with E-state index in [4.69, 9.17) is 18.9 Å². The molecule has 6 atom stereocenters. The van der Waals surface area contributed by atoms with Crippen molar-refractivity contribution in [1.82, 2.24) is 0 Å². The molecule has 0 bridgehead atoms. The van der Waals surface area contributed by atoms with Gasteiger partial charge in [-0.3, -0.25) is 14.1 Å². The van der Waals surface area contributed by atoms with Gasteiger partial charge in [-0.2, -0.15) is 8.42 Å². The first-order valence-corrected chi connectivity index (χ1v) is 30.4. The van der Waals surface area contributed by atoms with Gasteiger partial charge in [0.15, 0.2) is 12.4 Å². The molecular weight excluding hydrogens is 897 g/mol. The summed E-state index contributed by atoms with van der Waals surface area (Å²) in [4.78, 5) is 25.6. The van der Waals surface area contributed by atoms with Gasteiger partial charge in [-0.05, 0) is 38.5 Å². The second-order valence-electron chi connectivity index (χ2n) is 20.3. The number of hydrogen-bond donors (Lipinski definition) is 4. The Morgan fingerprint density at radius 1 is 0.478 bits per heavy atom. The Hall–Kier alpha value is -1.61. The molecule has 0 aromatic carbocycles. The standard InChI is InChI=1S/C56H106O12S/c1-3-5-7-9-11-13-15-17-19-21-23-24-25-26-27-29-31-33-35-37-39-41-43-45-52(58)67-49(47-66-56-55(61)54(60)53(59)50(68-56)48-69(62,63)64)46-65-51(57)44-42-40-38-36-34-32-30-28-22-20-18-16-14-12-10-8-6-4-2/h21,23,49-50,53-56,59-61H,3-20,22,24-48H2,1-2H3,(H,62,63,64)/b23-21-. The highest BCUT2D eigenvalue weighted by Crippen LogP contribution is 2.24. The Labute approximate surface area is 422 Å². The van der Waals surface area contributed by atoms with Gasteiger partial charge in [0, 0.05) is 12.8 Å². The molecule has 4 N–H and O–H groups in total. The highest BCUT2D eigenvalue weighted by Gasteiger charge is 2.46. The van der Waals surface area contributed by atoms with Crippen molar-refractivity contribution in [2.45, 2.75) is 314 Å². The molecule has 0 aromatic rings. The monoisotopic (exact) mass is 1000 g/mol. The molecule has 0 amide bonds. The first-order chi connectivity index (χ1) is 33.5. The zero-order valence-electron chi connectivity index (χ0n) is 44.2. The first kappa shape index (κ1) is 65.4. The van der Waals surface area contributed by atoms with E-state index in [1.807, 2.05) is 0 Å². The summed E-state index contributed by atoms with van der Waals surface area (Å²) in [5.41, 5.74) is 0. The number of unbranched alkanes of at least 4 members (excludes halogenated alkanes) is 36. The molecular formula is C56H106O12S. The summed E-state index contributed by atoms with van der Waals surface area (Å²) in [7, 11) is -4.60. The van der Waals surface area contributed by atoms with E-state index in [1.165, 1.54) is 199 Å². The summed E-state index contributed by atoms with van der Waals surface area (Å²) in [5, 5.41) is 31.0. The second-order valence-corrected chi connectivity index (χ2v) is 21.8. The SMILES string of the molecule is CCCCCCCCCC/C=C\CCCCCCCCCCCCCC(=O)OC(COC(=O)CCCCCCCCCCCCCCCCCCCC)COC1OC(CS(=O)(=O)O)C(O)C(O)C1O. The van der Waals surface area contributed by atoms with Crippen molar-refractivity contribution in [3.05, 3.63) is 12.2 Å². The number of aliphatic hydroxyl groups excluding tert-OH is 3. The number of allylic oxidation sites excluding steroid dienone is 2.